The third-order valence-electron chi connectivity index (χ3n) is 2.81. The number of hydrogen-bond acceptors (Lipinski definition) is 6. The van der Waals surface area contributed by atoms with Crippen LogP contribution in [0.25, 0.3) is 0 Å². The number of thiazole rings is 1. The van der Waals surface area contributed by atoms with Gasteiger partial charge in [-0.05, 0) is 19.1 Å². The maximum atomic E-state index is 12.5. The minimum Gasteiger partial charge on any atom is -0.382 e. The molecule has 7 heteroatoms. The van der Waals surface area contributed by atoms with Crippen LogP contribution in [0, 0.1) is 0 Å². The van der Waals surface area contributed by atoms with Crippen LogP contribution in [0.4, 0.5) is 10.9 Å². The Hall–Kier alpha value is -2.15. The molecule has 0 saturated heterocycles. The first-order valence-corrected chi connectivity index (χ1v) is 7.10. The first-order valence-electron chi connectivity index (χ1n) is 6.29. The van der Waals surface area contributed by atoms with Gasteiger partial charge in [-0.2, -0.15) is 0 Å². The van der Waals surface area contributed by atoms with Crippen LogP contribution in [0.1, 0.15) is 22.3 Å². The fourth-order valence-electron chi connectivity index (χ4n) is 1.75. The molecule has 2 aromatic heterocycles. The summed E-state index contributed by atoms with van der Waals surface area (Å²) in [5, 5.41) is 3.53. The molecule has 2 rings (SSSR count). The monoisotopic (exact) mass is 291 g/mol. The maximum absolute atomic E-state index is 12.5. The van der Waals surface area contributed by atoms with E-state index >= 15 is 0 Å². The second kappa shape index (κ2) is 6.33. The van der Waals surface area contributed by atoms with Crippen molar-refractivity contribution in [1.82, 2.24) is 14.9 Å². The number of nitrogen functional groups attached to an aromatic ring is 1. The highest BCUT2D eigenvalue weighted by Gasteiger charge is 2.21. The Morgan fingerprint density at radius 1 is 1.50 bits per heavy atom. The molecule has 2 aromatic rings. The van der Waals surface area contributed by atoms with Gasteiger partial charge in [-0.25, -0.2) is 4.98 Å². The van der Waals surface area contributed by atoms with E-state index in [1.54, 1.807) is 18.1 Å². The van der Waals surface area contributed by atoms with Crippen LogP contribution in [0.15, 0.2) is 24.4 Å². The standard InChI is InChI=1S/C13H17N5OS/c1-3-18(8-9-6-4-5-7-16-9)12(19)10-11(14)17-13(15-2)20-10/h4-7H,3,8,14H2,1-2H3,(H,15,17). The van der Waals surface area contributed by atoms with Crippen molar-refractivity contribution in [2.75, 3.05) is 24.6 Å². The summed E-state index contributed by atoms with van der Waals surface area (Å²) in [4.78, 5) is 23.0. The Morgan fingerprint density at radius 2 is 2.30 bits per heavy atom. The van der Waals surface area contributed by atoms with E-state index in [2.05, 4.69) is 15.3 Å². The fraction of sp³-hybridized carbons (Fsp3) is 0.308. The van der Waals surface area contributed by atoms with Gasteiger partial charge in [-0.15, -0.1) is 0 Å². The number of nitrogens with zero attached hydrogens (tertiary/aromatic N) is 3. The number of pyridine rings is 1. The highest BCUT2D eigenvalue weighted by Crippen LogP contribution is 2.26. The minimum atomic E-state index is -0.116. The zero-order chi connectivity index (χ0) is 14.5. The normalized spacial score (nSPS) is 10.3. The van der Waals surface area contributed by atoms with Crippen LogP contribution in [0.3, 0.4) is 0 Å². The van der Waals surface area contributed by atoms with E-state index < -0.39 is 0 Å². The van der Waals surface area contributed by atoms with Crippen LogP contribution < -0.4 is 11.1 Å². The molecule has 2 heterocycles. The lowest BCUT2D eigenvalue weighted by molar-refractivity contribution is 0.0756. The van der Waals surface area contributed by atoms with Gasteiger partial charge in [0.25, 0.3) is 5.91 Å². The fourth-order valence-corrected chi connectivity index (χ4v) is 2.56. The largest absolute Gasteiger partial charge is 0.382 e. The molecule has 0 unspecified atom stereocenters. The van der Waals surface area contributed by atoms with Crippen molar-refractivity contribution in [1.29, 1.82) is 0 Å². The van der Waals surface area contributed by atoms with Gasteiger partial charge in [0.05, 0.1) is 12.2 Å². The molecule has 0 spiro atoms. The molecule has 0 saturated carbocycles. The van der Waals surface area contributed by atoms with Crippen molar-refractivity contribution in [3.8, 4) is 0 Å². The van der Waals surface area contributed by atoms with Gasteiger partial charge < -0.3 is 16.0 Å². The van der Waals surface area contributed by atoms with Crippen LogP contribution in [0.5, 0.6) is 0 Å². The lowest BCUT2D eigenvalue weighted by atomic mass is 10.3. The molecule has 0 radical (unpaired) electrons. The van der Waals surface area contributed by atoms with E-state index in [1.807, 2.05) is 25.1 Å². The number of anilines is 2. The van der Waals surface area contributed by atoms with Gasteiger partial charge in [0.1, 0.15) is 10.7 Å². The molecule has 20 heavy (non-hydrogen) atoms. The van der Waals surface area contributed by atoms with Gasteiger partial charge in [-0.3, -0.25) is 9.78 Å². The molecule has 0 aliphatic heterocycles. The molecule has 0 aliphatic carbocycles. The van der Waals surface area contributed by atoms with Crippen LogP contribution in [0.2, 0.25) is 0 Å². The molecule has 106 valence electrons. The maximum Gasteiger partial charge on any atom is 0.268 e. The number of nitrogens with two attached hydrogens (primary N) is 1. The van der Waals surface area contributed by atoms with E-state index in [0.29, 0.717) is 23.1 Å². The molecule has 0 aliphatic rings. The quantitative estimate of drug-likeness (QED) is 0.878. The first kappa shape index (κ1) is 14.3. The summed E-state index contributed by atoms with van der Waals surface area (Å²) in [6.45, 7) is 2.97. The number of aromatic nitrogens is 2. The molecule has 3 N–H and O–H groups in total. The first-order chi connectivity index (χ1) is 9.65. The predicted molar refractivity (Wildman–Crippen MR) is 80.7 cm³/mol. The summed E-state index contributed by atoms with van der Waals surface area (Å²) in [6, 6.07) is 5.65. The van der Waals surface area contributed by atoms with Crippen LogP contribution >= 0.6 is 11.3 Å². The highest BCUT2D eigenvalue weighted by molar-refractivity contribution is 7.18. The van der Waals surface area contributed by atoms with Crippen LogP contribution in [-0.4, -0.2) is 34.4 Å². The van der Waals surface area contributed by atoms with Gasteiger partial charge >= 0.3 is 0 Å². The zero-order valence-electron chi connectivity index (χ0n) is 11.5. The SMILES string of the molecule is CCN(Cc1ccccn1)C(=O)c1sc(NC)nc1N. The van der Waals surface area contributed by atoms with E-state index in [1.165, 1.54) is 11.3 Å². The summed E-state index contributed by atoms with van der Waals surface area (Å²) in [5.74, 6) is 0.151. The van der Waals surface area contributed by atoms with Crippen LogP contribution in [-0.2, 0) is 6.54 Å². The van der Waals surface area contributed by atoms with E-state index in [0.717, 1.165) is 5.69 Å². The van der Waals surface area contributed by atoms with E-state index in [4.69, 9.17) is 5.73 Å². The lowest BCUT2D eigenvalue weighted by Crippen LogP contribution is -2.30. The summed E-state index contributed by atoms with van der Waals surface area (Å²) >= 11 is 1.26. The number of hydrogen-bond donors (Lipinski definition) is 2. The van der Waals surface area contributed by atoms with Gasteiger partial charge in [0.15, 0.2) is 5.13 Å². The smallest absolute Gasteiger partial charge is 0.268 e. The second-order valence-corrected chi connectivity index (χ2v) is 5.12. The Labute approximate surface area is 121 Å². The Morgan fingerprint density at radius 3 is 2.85 bits per heavy atom. The molecule has 6 nitrogen and oxygen atoms in total. The average molecular weight is 291 g/mol. The van der Waals surface area contributed by atoms with Crippen molar-refractivity contribution >= 4 is 28.2 Å². The molecular weight excluding hydrogens is 274 g/mol. The Balaban J connectivity index is 2.18. The summed E-state index contributed by atoms with van der Waals surface area (Å²) in [6.07, 6.45) is 1.72. The van der Waals surface area contributed by atoms with Gasteiger partial charge in [0.2, 0.25) is 0 Å². The highest BCUT2D eigenvalue weighted by atomic mass is 32.1. The second-order valence-electron chi connectivity index (χ2n) is 4.12. The summed E-state index contributed by atoms with van der Waals surface area (Å²) in [7, 11) is 1.75. The average Bonchev–Trinajstić information content (AvgIpc) is 2.86. The molecule has 0 fully saturated rings. The topological polar surface area (TPSA) is 84.1 Å². The molecular formula is C13H17N5OS. The third kappa shape index (κ3) is 3.05. The molecule has 0 aromatic carbocycles. The van der Waals surface area contributed by atoms with E-state index in [-0.39, 0.29) is 11.7 Å². The van der Waals surface area contributed by atoms with E-state index in [9.17, 15) is 4.79 Å². The predicted octanol–water partition coefficient (Wildman–Crippen LogP) is 1.82. The van der Waals surface area contributed by atoms with Crippen molar-refractivity contribution in [2.24, 2.45) is 0 Å². The zero-order valence-corrected chi connectivity index (χ0v) is 12.3. The van der Waals surface area contributed by atoms with Crippen molar-refractivity contribution in [2.45, 2.75) is 13.5 Å². The molecule has 0 bridgehead atoms. The molecule has 0 atom stereocenters. The number of nitrogens with one attached hydrogen (secondary N) is 1. The van der Waals surface area contributed by atoms with Gasteiger partial charge in [0, 0.05) is 19.8 Å². The minimum absolute atomic E-state index is 0.116. The third-order valence-corrected chi connectivity index (χ3v) is 3.89. The Kier molecular flexibility index (Phi) is 4.52. The number of amides is 1. The van der Waals surface area contributed by atoms with Crippen molar-refractivity contribution < 1.29 is 4.79 Å². The van der Waals surface area contributed by atoms with Gasteiger partial charge in [-0.1, -0.05) is 17.4 Å². The number of rotatable bonds is 5. The van der Waals surface area contributed by atoms with Crippen molar-refractivity contribution in [3.63, 3.8) is 0 Å². The summed E-state index contributed by atoms with van der Waals surface area (Å²) < 4.78 is 0. The number of carbonyl (C=O) groups excluding carboxylic acids is 1. The molecule has 1 amide bonds. The summed E-state index contributed by atoms with van der Waals surface area (Å²) in [5.41, 5.74) is 6.65. The Bertz CT molecular complexity index is 584. The van der Waals surface area contributed by atoms with Crippen molar-refractivity contribution in [3.05, 3.63) is 35.0 Å². The number of carbonyl (C=O) groups is 1. The lowest BCUT2D eigenvalue weighted by Gasteiger charge is -2.19.